The monoisotopic (exact) mass is 285 g/mol. The second-order valence-corrected chi connectivity index (χ2v) is 4.89. The minimum absolute atomic E-state index is 0.0229. The number of aromatic hydroxyl groups is 1. The Balaban J connectivity index is 1.82. The van der Waals surface area contributed by atoms with Crippen molar-refractivity contribution in [1.29, 1.82) is 0 Å². The summed E-state index contributed by atoms with van der Waals surface area (Å²) in [7, 11) is 0. The third kappa shape index (κ3) is 3.99. The van der Waals surface area contributed by atoms with Gasteiger partial charge in [-0.25, -0.2) is 0 Å². The molecule has 0 aliphatic carbocycles. The number of ether oxygens (including phenoxy) is 1. The molecule has 2 N–H and O–H groups in total. The molecule has 0 spiro atoms. The molecule has 0 radical (unpaired) electrons. The van der Waals surface area contributed by atoms with Gasteiger partial charge in [0.2, 0.25) is 0 Å². The molecule has 2 rings (SSSR count). The molecule has 0 heterocycles. The molecule has 110 valence electrons. The van der Waals surface area contributed by atoms with Crippen LogP contribution in [-0.4, -0.2) is 24.2 Å². The van der Waals surface area contributed by atoms with Crippen LogP contribution in [0.25, 0.3) is 0 Å². The van der Waals surface area contributed by atoms with Gasteiger partial charge < -0.3 is 15.2 Å². The molecule has 1 amide bonds. The van der Waals surface area contributed by atoms with Crippen molar-refractivity contribution in [3.63, 3.8) is 0 Å². The van der Waals surface area contributed by atoms with Gasteiger partial charge in [0, 0.05) is 0 Å². The van der Waals surface area contributed by atoms with Crippen molar-refractivity contribution in [2.45, 2.75) is 13.8 Å². The standard InChI is InChI=1S/C17H19NO3/c1-12-7-8-16(13(2)11-12)21-10-9-18-17(20)14-5-3-4-6-15(14)19/h3-8,11,19H,9-10H2,1-2H3,(H,18,20). The Morgan fingerprint density at radius 3 is 2.67 bits per heavy atom. The fraction of sp³-hybridized carbons (Fsp3) is 0.235. The summed E-state index contributed by atoms with van der Waals surface area (Å²) in [6, 6.07) is 12.4. The Morgan fingerprint density at radius 2 is 1.95 bits per heavy atom. The van der Waals surface area contributed by atoms with E-state index in [9.17, 15) is 9.90 Å². The number of benzene rings is 2. The van der Waals surface area contributed by atoms with E-state index < -0.39 is 0 Å². The van der Waals surface area contributed by atoms with E-state index in [-0.39, 0.29) is 17.2 Å². The number of rotatable bonds is 5. The van der Waals surface area contributed by atoms with Crippen LogP contribution in [0.2, 0.25) is 0 Å². The molecular weight excluding hydrogens is 266 g/mol. The quantitative estimate of drug-likeness (QED) is 0.831. The first-order valence-electron chi connectivity index (χ1n) is 6.84. The topological polar surface area (TPSA) is 58.6 Å². The van der Waals surface area contributed by atoms with Gasteiger partial charge >= 0.3 is 0 Å². The third-order valence-electron chi connectivity index (χ3n) is 3.12. The van der Waals surface area contributed by atoms with Crippen molar-refractivity contribution >= 4 is 5.91 Å². The summed E-state index contributed by atoms with van der Waals surface area (Å²) in [6.45, 7) is 4.77. The minimum Gasteiger partial charge on any atom is -0.507 e. The van der Waals surface area contributed by atoms with Crippen LogP contribution >= 0.6 is 0 Å². The van der Waals surface area contributed by atoms with Crippen LogP contribution in [0.15, 0.2) is 42.5 Å². The lowest BCUT2D eigenvalue weighted by Gasteiger charge is -2.11. The molecule has 0 aliphatic heterocycles. The van der Waals surface area contributed by atoms with Gasteiger partial charge in [-0.3, -0.25) is 4.79 Å². The summed E-state index contributed by atoms with van der Waals surface area (Å²) in [5.41, 5.74) is 2.53. The Labute approximate surface area is 124 Å². The first-order chi connectivity index (χ1) is 10.1. The summed E-state index contributed by atoms with van der Waals surface area (Å²) in [5, 5.41) is 12.3. The highest BCUT2D eigenvalue weighted by atomic mass is 16.5. The molecular formula is C17H19NO3. The van der Waals surface area contributed by atoms with Crippen molar-refractivity contribution in [2.24, 2.45) is 0 Å². The van der Waals surface area contributed by atoms with Crippen molar-refractivity contribution in [3.8, 4) is 11.5 Å². The molecule has 0 aliphatic rings. The van der Waals surface area contributed by atoms with Crippen LogP contribution in [0.3, 0.4) is 0 Å². The number of nitrogens with one attached hydrogen (secondary N) is 1. The van der Waals surface area contributed by atoms with E-state index in [1.165, 1.54) is 11.6 Å². The Kier molecular flexibility index (Phi) is 4.82. The number of phenols is 1. The number of carbonyl (C=O) groups excluding carboxylic acids is 1. The fourth-order valence-electron chi connectivity index (χ4n) is 2.05. The molecule has 0 saturated carbocycles. The van der Waals surface area contributed by atoms with E-state index in [2.05, 4.69) is 11.4 Å². The molecule has 2 aromatic rings. The number of aryl methyl sites for hydroxylation is 2. The highest BCUT2D eigenvalue weighted by Crippen LogP contribution is 2.18. The normalized spacial score (nSPS) is 10.2. The average molecular weight is 285 g/mol. The molecule has 0 bridgehead atoms. The molecule has 4 heteroatoms. The largest absolute Gasteiger partial charge is 0.507 e. The summed E-state index contributed by atoms with van der Waals surface area (Å²) < 4.78 is 5.63. The lowest BCUT2D eigenvalue weighted by Crippen LogP contribution is -2.28. The number of carbonyl (C=O) groups is 1. The number of amides is 1. The second-order valence-electron chi connectivity index (χ2n) is 4.89. The van der Waals surface area contributed by atoms with Crippen molar-refractivity contribution in [1.82, 2.24) is 5.32 Å². The van der Waals surface area contributed by atoms with Crippen molar-refractivity contribution < 1.29 is 14.6 Å². The molecule has 0 aromatic heterocycles. The van der Waals surface area contributed by atoms with E-state index in [1.54, 1.807) is 18.2 Å². The molecule has 0 atom stereocenters. The minimum atomic E-state index is -0.308. The lowest BCUT2D eigenvalue weighted by atomic mass is 10.1. The van der Waals surface area contributed by atoms with Crippen LogP contribution < -0.4 is 10.1 Å². The van der Waals surface area contributed by atoms with Crippen LogP contribution in [0.4, 0.5) is 0 Å². The van der Waals surface area contributed by atoms with Crippen molar-refractivity contribution in [3.05, 3.63) is 59.2 Å². The molecule has 0 fully saturated rings. The van der Waals surface area contributed by atoms with Gasteiger partial charge in [-0.1, -0.05) is 29.8 Å². The SMILES string of the molecule is Cc1ccc(OCCNC(=O)c2ccccc2O)c(C)c1. The number of hydrogen-bond acceptors (Lipinski definition) is 3. The van der Waals surface area contributed by atoms with E-state index in [0.717, 1.165) is 11.3 Å². The predicted octanol–water partition coefficient (Wildman–Crippen LogP) is 2.82. The van der Waals surface area contributed by atoms with Gasteiger partial charge in [-0.2, -0.15) is 0 Å². The fourth-order valence-corrected chi connectivity index (χ4v) is 2.05. The molecule has 4 nitrogen and oxygen atoms in total. The smallest absolute Gasteiger partial charge is 0.255 e. The molecule has 0 unspecified atom stereocenters. The van der Waals surface area contributed by atoms with E-state index in [1.807, 2.05) is 26.0 Å². The first-order valence-corrected chi connectivity index (χ1v) is 6.84. The zero-order valence-electron chi connectivity index (χ0n) is 12.2. The summed E-state index contributed by atoms with van der Waals surface area (Å²) >= 11 is 0. The maximum atomic E-state index is 11.9. The molecule has 0 saturated heterocycles. The predicted molar refractivity (Wildman–Crippen MR) is 81.9 cm³/mol. The summed E-state index contributed by atoms with van der Waals surface area (Å²) in [6.07, 6.45) is 0. The average Bonchev–Trinajstić information content (AvgIpc) is 2.45. The summed E-state index contributed by atoms with van der Waals surface area (Å²) in [4.78, 5) is 11.9. The number of phenolic OH excluding ortho intramolecular Hbond substituents is 1. The van der Waals surface area contributed by atoms with E-state index in [0.29, 0.717) is 13.2 Å². The van der Waals surface area contributed by atoms with E-state index in [4.69, 9.17) is 4.74 Å². The Bertz CT molecular complexity index is 638. The van der Waals surface area contributed by atoms with Gasteiger partial charge in [0.05, 0.1) is 12.1 Å². The van der Waals surface area contributed by atoms with Gasteiger partial charge in [0.15, 0.2) is 0 Å². The maximum absolute atomic E-state index is 11.9. The lowest BCUT2D eigenvalue weighted by molar-refractivity contribution is 0.0944. The Hall–Kier alpha value is -2.49. The summed E-state index contributed by atoms with van der Waals surface area (Å²) in [5.74, 6) is 0.486. The van der Waals surface area contributed by atoms with E-state index >= 15 is 0 Å². The van der Waals surface area contributed by atoms with Crippen LogP contribution in [-0.2, 0) is 0 Å². The zero-order valence-corrected chi connectivity index (χ0v) is 12.2. The maximum Gasteiger partial charge on any atom is 0.255 e. The second kappa shape index (κ2) is 6.79. The first kappa shape index (κ1) is 14.9. The Morgan fingerprint density at radius 1 is 1.19 bits per heavy atom. The van der Waals surface area contributed by atoms with Crippen LogP contribution in [0, 0.1) is 13.8 Å². The number of para-hydroxylation sites is 1. The van der Waals surface area contributed by atoms with Gasteiger partial charge in [0.1, 0.15) is 18.1 Å². The molecule has 2 aromatic carbocycles. The number of hydrogen-bond donors (Lipinski definition) is 2. The zero-order chi connectivity index (χ0) is 15.2. The molecule has 21 heavy (non-hydrogen) atoms. The van der Waals surface area contributed by atoms with Crippen molar-refractivity contribution in [2.75, 3.05) is 13.2 Å². The van der Waals surface area contributed by atoms with Crippen LogP contribution in [0.5, 0.6) is 11.5 Å². The van der Waals surface area contributed by atoms with Gasteiger partial charge in [-0.15, -0.1) is 0 Å². The highest BCUT2D eigenvalue weighted by Gasteiger charge is 2.09. The van der Waals surface area contributed by atoms with Crippen LogP contribution in [0.1, 0.15) is 21.5 Å². The van der Waals surface area contributed by atoms with Gasteiger partial charge in [-0.05, 0) is 37.6 Å². The third-order valence-corrected chi connectivity index (χ3v) is 3.12. The van der Waals surface area contributed by atoms with Gasteiger partial charge in [0.25, 0.3) is 5.91 Å². The highest BCUT2D eigenvalue weighted by molar-refractivity contribution is 5.96.